The first-order valence-electron chi connectivity index (χ1n) is 6.22. The molecule has 0 aliphatic heterocycles. The van der Waals surface area contributed by atoms with Gasteiger partial charge in [-0.2, -0.15) is 0 Å². The Kier molecular flexibility index (Phi) is 5.40. The number of rotatable bonds is 5. The number of halogens is 2. The number of nitrogens with two attached hydrogens (primary N) is 1. The molecule has 3 N–H and O–H groups in total. The highest BCUT2D eigenvalue weighted by atomic mass is 19.2. The second-order valence-corrected chi connectivity index (χ2v) is 5.75. The summed E-state index contributed by atoms with van der Waals surface area (Å²) in [5.41, 5.74) is 3.25. The fraction of sp³-hybridized carbons (Fsp3) is 0.571. The molecule has 0 aliphatic carbocycles. The van der Waals surface area contributed by atoms with Crippen molar-refractivity contribution in [3.63, 3.8) is 0 Å². The molecule has 0 aromatic heterocycles. The number of benzene rings is 1. The van der Waals surface area contributed by atoms with Gasteiger partial charge in [0.05, 0.1) is 12.1 Å². The van der Waals surface area contributed by atoms with Crippen molar-refractivity contribution in [3.05, 3.63) is 35.4 Å². The Morgan fingerprint density at radius 2 is 1.89 bits per heavy atom. The number of methoxy groups -OCH3 is 1. The van der Waals surface area contributed by atoms with Crippen LogP contribution in [0.4, 0.5) is 8.78 Å². The van der Waals surface area contributed by atoms with Crippen molar-refractivity contribution in [2.75, 3.05) is 7.11 Å². The first kappa shape index (κ1) is 16.0. The van der Waals surface area contributed by atoms with Crippen LogP contribution in [0.5, 0.6) is 0 Å². The first-order chi connectivity index (χ1) is 8.79. The third kappa shape index (κ3) is 4.23. The maximum atomic E-state index is 13.2. The second kappa shape index (κ2) is 6.41. The standard InChI is InChI=1S/C14H22F2N2O/c1-14(2,3)13(19-4)12(18-17)8-9-5-6-10(15)11(16)7-9/h5-7,12-13,18H,8,17H2,1-4H3. The van der Waals surface area contributed by atoms with E-state index in [-0.39, 0.29) is 17.6 Å². The molecule has 0 bridgehead atoms. The minimum atomic E-state index is -0.849. The van der Waals surface area contributed by atoms with Crippen LogP contribution in [0.3, 0.4) is 0 Å². The van der Waals surface area contributed by atoms with Crippen molar-refractivity contribution >= 4 is 0 Å². The molecule has 0 radical (unpaired) electrons. The van der Waals surface area contributed by atoms with Crippen LogP contribution in [0.1, 0.15) is 26.3 Å². The van der Waals surface area contributed by atoms with Crippen LogP contribution in [0.25, 0.3) is 0 Å². The molecule has 0 saturated heterocycles. The summed E-state index contributed by atoms with van der Waals surface area (Å²) in [6.07, 6.45) is 0.314. The average Bonchev–Trinajstić information content (AvgIpc) is 2.31. The van der Waals surface area contributed by atoms with E-state index in [1.165, 1.54) is 6.07 Å². The van der Waals surface area contributed by atoms with Gasteiger partial charge < -0.3 is 4.74 Å². The van der Waals surface area contributed by atoms with Crippen molar-refractivity contribution in [2.45, 2.75) is 39.3 Å². The first-order valence-corrected chi connectivity index (χ1v) is 6.22. The monoisotopic (exact) mass is 272 g/mol. The highest BCUT2D eigenvalue weighted by molar-refractivity contribution is 5.19. The molecule has 1 aromatic rings. The fourth-order valence-corrected chi connectivity index (χ4v) is 2.30. The van der Waals surface area contributed by atoms with Crippen LogP contribution < -0.4 is 11.3 Å². The molecular weight excluding hydrogens is 250 g/mol. The lowest BCUT2D eigenvalue weighted by molar-refractivity contribution is -0.0110. The quantitative estimate of drug-likeness (QED) is 0.639. The van der Waals surface area contributed by atoms with E-state index in [9.17, 15) is 8.78 Å². The Bertz CT molecular complexity index is 418. The molecule has 2 unspecified atom stereocenters. The number of hydrazine groups is 1. The Labute approximate surface area is 113 Å². The van der Waals surface area contributed by atoms with E-state index in [4.69, 9.17) is 10.6 Å². The minimum Gasteiger partial charge on any atom is -0.379 e. The van der Waals surface area contributed by atoms with Gasteiger partial charge >= 0.3 is 0 Å². The van der Waals surface area contributed by atoms with Crippen molar-refractivity contribution in [3.8, 4) is 0 Å². The third-order valence-corrected chi connectivity index (χ3v) is 3.13. The molecule has 3 nitrogen and oxygen atoms in total. The molecule has 0 spiro atoms. The van der Waals surface area contributed by atoms with E-state index >= 15 is 0 Å². The van der Waals surface area contributed by atoms with Crippen molar-refractivity contribution < 1.29 is 13.5 Å². The molecule has 0 amide bonds. The van der Waals surface area contributed by atoms with Gasteiger partial charge in [0, 0.05) is 7.11 Å². The topological polar surface area (TPSA) is 47.3 Å². The van der Waals surface area contributed by atoms with Crippen LogP contribution in [-0.2, 0) is 11.2 Å². The van der Waals surface area contributed by atoms with Gasteiger partial charge in [0.25, 0.3) is 0 Å². The van der Waals surface area contributed by atoms with E-state index in [2.05, 4.69) is 5.43 Å². The van der Waals surface area contributed by atoms with Crippen LogP contribution >= 0.6 is 0 Å². The Hall–Kier alpha value is -1.04. The third-order valence-electron chi connectivity index (χ3n) is 3.13. The van der Waals surface area contributed by atoms with E-state index in [1.807, 2.05) is 20.8 Å². The van der Waals surface area contributed by atoms with Gasteiger partial charge in [-0.3, -0.25) is 11.3 Å². The SMILES string of the molecule is COC(C(Cc1ccc(F)c(F)c1)NN)C(C)(C)C. The summed E-state index contributed by atoms with van der Waals surface area (Å²) in [6, 6.07) is 3.68. The molecule has 0 heterocycles. The van der Waals surface area contributed by atoms with Gasteiger partial charge in [-0.05, 0) is 29.5 Å². The van der Waals surface area contributed by atoms with Gasteiger partial charge in [0.1, 0.15) is 0 Å². The summed E-state index contributed by atoms with van der Waals surface area (Å²) < 4.78 is 31.6. The summed E-state index contributed by atoms with van der Waals surface area (Å²) in [5, 5.41) is 0. The largest absolute Gasteiger partial charge is 0.379 e. The van der Waals surface area contributed by atoms with Crippen LogP contribution in [0.15, 0.2) is 18.2 Å². The minimum absolute atomic E-state index is 0.121. The summed E-state index contributed by atoms with van der Waals surface area (Å²) in [4.78, 5) is 0. The van der Waals surface area contributed by atoms with Gasteiger partial charge in [-0.15, -0.1) is 0 Å². The lowest BCUT2D eigenvalue weighted by Crippen LogP contribution is -2.51. The van der Waals surface area contributed by atoms with Crippen molar-refractivity contribution in [1.82, 2.24) is 5.43 Å². The lowest BCUT2D eigenvalue weighted by atomic mass is 9.82. The van der Waals surface area contributed by atoms with Crippen molar-refractivity contribution in [2.24, 2.45) is 11.3 Å². The average molecular weight is 272 g/mol. The van der Waals surface area contributed by atoms with Gasteiger partial charge in [0.15, 0.2) is 11.6 Å². The summed E-state index contributed by atoms with van der Waals surface area (Å²) >= 11 is 0. The molecule has 0 fully saturated rings. The van der Waals surface area contributed by atoms with Crippen LogP contribution in [0, 0.1) is 17.0 Å². The maximum absolute atomic E-state index is 13.2. The highest BCUT2D eigenvalue weighted by Gasteiger charge is 2.32. The van der Waals surface area contributed by atoms with Gasteiger partial charge in [-0.1, -0.05) is 26.8 Å². The predicted octanol–water partition coefficient (Wildman–Crippen LogP) is 2.40. The van der Waals surface area contributed by atoms with Gasteiger partial charge in [-0.25, -0.2) is 8.78 Å². The zero-order valence-corrected chi connectivity index (χ0v) is 11.8. The maximum Gasteiger partial charge on any atom is 0.159 e. The molecule has 1 rings (SSSR count). The molecular formula is C14H22F2N2O. The molecule has 19 heavy (non-hydrogen) atoms. The fourth-order valence-electron chi connectivity index (χ4n) is 2.30. The van der Waals surface area contributed by atoms with Crippen LogP contribution in [-0.4, -0.2) is 19.3 Å². The van der Waals surface area contributed by atoms with E-state index in [0.29, 0.717) is 12.0 Å². The summed E-state index contributed by atoms with van der Waals surface area (Å²) in [5.74, 6) is 3.87. The normalized spacial score (nSPS) is 15.3. The van der Waals surface area contributed by atoms with Crippen molar-refractivity contribution in [1.29, 1.82) is 0 Å². The molecule has 0 saturated carbocycles. The molecule has 108 valence electrons. The molecule has 5 heteroatoms. The number of ether oxygens (including phenoxy) is 1. The molecule has 2 atom stereocenters. The zero-order valence-electron chi connectivity index (χ0n) is 11.8. The predicted molar refractivity (Wildman–Crippen MR) is 71.4 cm³/mol. The Morgan fingerprint density at radius 3 is 2.32 bits per heavy atom. The summed E-state index contributed by atoms with van der Waals surface area (Å²) in [6.45, 7) is 6.12. The molecule has 0 aliphatic rings. The van der Waals surface area contributed by atoms with Crippen LogP contribution in [0.2, 0.25) is 0 Å². The number of hydrogen-bond donors (Lipinski definition) is 2. The number of hydrogen-bond acceptors (Lipinski definition) is 3. The zero-order chi connectivity index (χ0) is 14.6. The lowest BCUT2D eigenvalue weighted by Gasteiger charge is -2.35. The van der Waals surface area contributed by atoms with E-state index in [0.717, 1.165) is 6.07 Å². The van der Waals surface area contributed by atoms with Gasteiger partial charge in [0.2, 0.25) is 0 Å². The highest BCUT2D eigenvalue weighted by Crippen LogP contribution is 2.26. The number of nitrogens with one attached hydrogen (secondary N) is 1. The molecule has 1 aromatic carbocycles. The van der Waals surface area contributed by atoms with E-state index in [1.54, 1.807) is 13.2 Å². The Balaban J connectivity index is 2.89. The Morgan fingerprint density at radius 1 is 1.26 bits per heavy atom. The summed E-state index contributed by atoms with van der Waals surface area (Å²) in [7, 11) is 1.62. The smallest absolute Gasteiger partial charge is 0.159 e. The second-order valence-electron chi connectivity index (χ2n) is 5.75. The van der Waals surface area contributed by atoms with E-state index < -0.39 is 11.6 Å².